The summed E-state index contributed by atoms with van der Waals surface area (Å²) in [6, 6.07) is 0. The number of likely N-dealkylation sites (N-methyl/N-ethyl adjacent to an activating group) is 1. The Balaban J connectivity index is 0.00000576. The van der Waals surface area contributed by atoms with Crippen molar-refractivity contribution >= 4 is 41.8 Å². The van der Waals surface area contributed by atoms with Gasteiger partial charge in [0.05, 0.1) is 6.61 Å². The molecular weight excluding hydrogens is 437 g/mol. The maximum Gasteiger partial charge on any atom is 0.243 e. The Kier molecular flexibility index (Phi) is 12.6. The summed E-state index contributed by atoms with van der Waals surface area (Å²) in [7, 11) is 6.77. The van der Waals surface area contributed by atoms with Crippen molar-refractivity contribution in [3.63, 3.8) is 0 Å². The standard InChI is InChI=1S/C16H31N5O3.HI/c1-17-14(22)11-13-5-8-21(9-6-13)16(18-7-10-24-4)19-12-15(23)20(2)3;/h13H,5-12H2,1-4H3,(H,17,22)(H,18,19);1H. The number of hydrogen-bond donors (Lipinski definition) is 2. The molecule has 25 heavy (non-hydrogen) atoms. The zero-order valence-corrected chi connectivity index (χ0v) is 18.0. The molecule has 146 valence electrons. The summed E-state index contributed by atoms with van der Waals surface area (Å²) in [5.41, 5.74) is 0. The fourth-order valence-electron chi connectivity index (χ4n) is 2.53. The van der Waals surface area contributed by atoms with Crippen molar-refractivity contribution in [2.75, 3.05) is 61.0 Å². The molecule has 0 atom stereocenters. The number of piperidine rings is 1. The summed E-state index contributed by atoms with van der Waals surface area (Å²) in [5, 5.41) is 5.93. The van der Waals surface area contributed by atoms with Gasteiger partial charge in [0.25, 0.3) is 0 Å². The first kappa shape index (κ1) is 23.9. The molecule has 0 saturated carbocycles. The van der Waals surface area contributed by atoms with E-state index in [9.17, 15) is 9.59 Å². The van der Waals surface area contributed by atoms with E-state index in [-0.39, 0.29) is 42.3 Å². The molecule has 9 heteroatoms. The number of nitrogens with one attached hydrogen (secondary N) is 2. The molecule has 8 nitrogen and oxygen atoms in total. The number of guanidine groups is 1. The molecule has 0 aromatic rings. The third-order valence-corrected chi connectivity index (χ3v) is 4.12. The number of nitrogens with zero attached hydrogens (tertiary/aromatic N) is 3. The zero-order valence-electron chi connectivity index (χ0n) is 15.7. The lowest BCUT2D eigenvalue weighted by Crippen LogP contribution is -2.47. The number of likely N-dealkylation sites (tertiary alicyclic amines) is 1. The van der Waals surface area contributed by atoms with Gasteiger partial charge in [0, 0.05) is 54.3 Å². The highest BCUT2D eigenvalue weighted by Crippen LogP contribution is 2.20. The molecular formula is C16H32IN5O3. The van der Waals surface area contributed by atoms with Crippen LogP contribution in [-0.2, 0) is 14.3 Å². The minimum absolute atomic E-state index is 0. The molecule has 0 bridgehead atoms. The van der Waals surface area contributed by atoms with E-state index in [2.05, 4.69) is 20.5 Å². The fraction of sp³-hybridized carbons (Fsp3) is 0.812. The first-order chi connectivity index (χ1) is 11.5. The normalized spacial score (nSPS) is 15.4. The topological polar surface area (TPSA) is 86.3 Å². The van der Waals surface area contributed by atoms with Crippen molar-refractivity contribution in [1.29, 1.82) is 0 Å². The fourth-order valence-corrected chi connectivity index (χ4v) is 2.53. The van der Waals surface area contributed by atoms with Gasteiger partial charge in [-0.25, -0.2) is 4.99 Å². The average molecular weight is 469 g/mol. The van der Waals surface area contributed by atoms with E-state index in [0.29, 0.717) is 25.5 Å². The van der Waals surface area contributed by atoms with Crippen LogP contribution in [0.5, 0.6) is 0 Å². The van der Waals surface area contributed by atoms with Gasteiger partial charge < -0.3 is 25.2 Å². The van der Waals surface area contributed by atoms with Gasteiger partial charge in [-0.15, -0.1) is 24.0 Å². The molecule has 0 unspecified atom stereocenters. The van der Waals surface area contributed by atoms with Crippen LogP contribution in [0, 0.1) is 5.92 Å². The highest BCUT2D eigenvalue weighted by molar-refractivity contribution is 14.0. The van der Waals surface area contributed by atoms with E-state index in [1.54, 1.807) is 28.3 Å². The molecule has 1 aliphatic heterocycles. The average Bonchev–Trinajstić information content (AvgIpc) is 2.58. The molecule has 0 aromatic heterocycles. The van der Waals surface area contributed by atoms with Crippen molar-refractivity contribution in [2.45, 2.75) is 19.3 Å². The Morgan fingerprint density at radius 2 is 1.92 bits per heavy atom. The Morgan fingerprint density at radius 1 is 1.28 bits per heavy atom. The van der Waals surface area contributed by atoms with Crippen molar-refractivity contribution < 1.29 is 14.3 Å². The molecule has 0 aromatic carbocycles. The number of amides is 2. The lowest BCUT2D eigenvalue weighted by molar-refractivity contribution is -0.127. The molecule has 2 N–H and O–H groups in total. The molecule has 0 radical (unpaired) electrons. The maximum absolute atomic E-state index is 11.8. The van der Waals surface area contributed by atoms with Crippen LogP contribution in [-0.4, -0.2) is 88.6 Å². The van der Waals surface area contributed by atoms with Crippen LogP contribution in [0.25, 0.3) is 0 Å². The van der Waals surface area contributed by atoms with Crippen molar-refractivity contribution in [1.82, 2.24) is 20.4 Å². The Morgan fingerprint density at radius 3 is 2.44 bits per heavy atom. The van der Waals surface area contributed by atoms with Gasteiger partial charge >= 0.3 is 0 Å². The molecule has 2 amide bonds. The monoisotopic (exact) mass is 469 g/mol. The van der Waals surface area contributed by atoms with Gasteiger partial charge in [-0.2, -0.15) is 0 Å². The Hall–Kier alpha value is -1.10. The van der Waals surface area contributed by atoms with Gasteiger partial charge in [-0.1, -0.05) is 0 Å². The number of hydrogen-bond acceptors (Lipinski definition) is 4. The lowest BCUT2D eigenvalue weighted by Gasteiger charge is -2.34. The summed E-state index contributed by atoms with van der Waals surface area (Å²) < 4.78 is 5.06. The second-order valence-corrected chi connectivity index (χ2v) is 6.16. The van der Waals surface area contributed by atoms with E-state index < -0.39 is 0 Å². The number of methoxy groups -OCH3 is 1. The van der Waals surface area contributed by atoms with Crippen LogP contribution in [0.2, 0.25) is 0 Å². The second-order valence-electron chi connectivity index (χ2n) is 6.16. The largest absolute Gasteiger partial charge is 0.383 e. The minimum atomic E-state index is -0.0319. The molecule has 1 rings (SSSR count). The van der Waals surface area contributed by atoms with Gasteiger partial charge in [0.1, 0.15) is 6.54 Å². The smallest absolute Gasteiger partial charge is 0.243 e. The van der Waals surface area contributed by atoms with Crippen molar-refractivity contribution in [2.24, 2.45) is 10.9 Å². The summed E-state index contributed by atoms with van der Waals surface area (Å²) in [6.45, 7) is 3.01. The second kappa shape index (κ2) is 13.2. The van der Waals surface area contributed by atoms with Crippen LogP contribution in [0.4, 0.5) is 0 Å². The lowest BCUT2D eigenvalue weighted by atomic mass is 9.93. The van der Waals surface area contributed by atoms with E-state index >= 15 is 0 Å². The minimum Gasteiger partial charge on any atom is -0.383 e. The Labute approximate surface area is 167 Å². The number of halogens is 1. The SMILES string of the molecule is CNC(=O)CC1CCN(C(=NCC(=O)N(C)C)NCCOC)CC1.I. The summed E-state index contributed by atoms with van der Waals surface area (Å²) >= 11 is 0. The van der Waals surface area contributed by atoms with Crippen LogP contribution < -0.4 is 10.6 Å². The molecule has 1 fully saturated rings. The van der Waals surface area contributed by atoms with Crippen LogP contribution in [0.3, 0.4) is 0 Å². The maximum atomic E-state index is 11.8. The summed E-state index contributed by atoms with van der Waals surface area (Å²) in [5.74, 6) is 1.21. The van der Waals surface area contributed by atoms with E-state index in [1.807, 2.05) is 0 Å². The molecule has 1 aliphatic rings. The van der Waals surface area contributed by atoms with Crippen molar-refractivity contribution in [3.05, 3.63) is 0 Å². The third kappa shape index (κ3) is 9.24. The highest BCUT2D eigenvalue weighted by Gasteiger charge is 2.23. The first-order valence-electron chi connectivity index (χ1n) is 8.40. The van der Waals surface area contributed by atoms with Gasteiger partial charge in [-0.3, -0.25) is 9.59 Å². The van der Waals surface area contributed by atoms with E-state index in [0.717, 1.165) is 31.9 Å². The first-order valence-corrected chi connectivity index (χ1v) is 8.40. The molecule has 0 aliphatic carbocycles. The van der Waals surface area contributed by atoms with E-state index in [4.69, 9.17) is 4.74 Å². The highest BCUT2D eigenvalue weighted by atomic mass is 127. The van der Waals surface area contributed by atoms with Gasteiger partial charge in [-0.05, 0) is 18.8 Å². The quantitative estimate of drug-likeness (QED) is 0.240. The predicted molar refractivity (Wildman–Crippen MR) is 109 cm³/mol. The number of carbonyl (C=O) groups excluding carboxylic acids is 2. The number of ether oxygens (including phenoxy) is 1. The zero-order chi connectivity index (χ0) is 17.9. The molecule has 0 spiro atoms. The van der Waals surface area contributed by atoms with Gasteiger partial charge in [0.15, 0.2) is 5.96 Å². The van der Waals surface area contributed by atoms with Crippen LogP contribution in [0.15, 0.2) is 4.99 Å². The number of carbonyl (C=O) groups is 2. The van der Waals surface area contributed by atoms with Gasteiger partial charge in [0.2, 0.25) is 11.8 Å². The summed E-state index contributed by atoms with van der Waals surface area (Å²) in [6.07, 6.45) is 2.47. The van der Waals surface area contributed by atoms with Crippen molar-refractivity contribution in [3.8, 4) is 0 Å². The number of rotatable bonds is 7. The van der Waals surface area contributed by atoms with E-state index in [1.165, 1.54) is 4.90 Å². The predicted octanol–water partition coefficient (Wildman–Crippen LogP) is 0.133. The number of aliphatic imine (C=N–C) groups is 1. The molecule has 1 heterocycles. The van der Waals surface area contributed by atoms with Crippen LogP contribution in [0.1, 0.15) is 19.3 Å². The molecule has 1 saturated heterocycles. The summed E-state index contributed by atoms with van der Waals surface area (Å²) in [4.78, 5) is 31.4. The Bertz CT molecular complexity index is 437. The third-order valence-electron chi connectivity index (χ3n) is 4.12. The van der Waals surface area contributed by atoms with Crippen LogP contribution >= 0.6 is 24.0 Å².